The average molecular weight is 469 g/mol. The lowest BCUT2D eigenvalue weighted by molar-refractivity contribution is 0.123. The lowest BCUT2D eigenvalue weighted by Crippen LogP contribution is -2.37. The second-order valence-corrected chi connectivity index (χ2v) is 11.4. The third-order valence-electron chi connectivity index (χ3n) is 4.97. The highest BCUT2D eigenvalue weighted by molar-refractivity contribution is 7.92. The zero-order valence-corrected chi connectivity index (χ0v) is 19.2. The van der Waals surface area contributed by atoms with E-state index in [2.05, 4.69) is 9.71 Å². The monoisotopic (exact) mass is 468 g/mol. The first-order chi connectivity index (χ1) is 14.5. The Morgan fingerprint density at radius 1 is 1.06 bits per heavy atom. The van der Waals surface area contributed by atoms with Gasteiger partial charge in [-0.3, -0.25) is 14.6 Å². The number of sulfonamides is 2. The van der Waals surface area contributed by atoms with Crippen LogP contribution in [0.25, 0.3) is 0 Å². The summed E-state index contributed by atoms with van der Waals surface area (Å²) >= 11 is 0. The van der Waals surface area contributed by atoms with E-state index in [0.717, 1.165) is 24.1 Å². The van der Waals surface area contributed by atoms with Crippen LogP contribution in [0.5, 0.6) is 0 Å². The fourth-order valence-electron chi connectivity index (χ4n) is 3.52. The molecular weight excluding hydrogens is 440 g/mol. The van der Waals surface area contributed by atoms with Crippen LogP contribution in [-0.2, 0) is 26.5 Å². The lowest BCUT2D eigenvalue weighted by atomic mass is 10.2. The van der Waals surface area contributed by atoms with Crippen LogP contribution in [0.1, 0.15) is 11.4 Å². The zero-order valence-electron chi connectivity index (χ0n) is 17.6. The Morgan fingerprint density at radius 3 is 2.42 bits per heavy atom. The molecule has 31 heavy (non-hydrogen) atoms. The number of benzene rings is 1. The van der Waals surface area contributed by atoms with E-state index in [0.29, 0.717) is 19.6 Å². The Balaban J connectivity index is 1.66. The van der Waals surface area contributed by atoms with E-state index in [9.17, 15) is 21.9 Å². The number of rotatable bonds is 7. The van der Waals surface area contributed by atoms with Crippen molar-refractivity contribution in [1.29, 1.82) is 0 Å². The lowest BCUT2D eigenvalue weighted by Gasteiger charge is -2.21. The molecule has 2 heterocycles. The van der Waals surface area contributed by atoms with Crippen LogP contribution in [0.15, 0.2) is 47.4 Å². The molecule has 0 amide bonds. The summed E-state index contributed by atoms with van der Waals surface area (Å²) in [4.78, 5) is 6.58. The maximum Gasteiger partial charge on any atom is 0.243 e. The highest BCUT2D eigenvalue weighted by Gasteiger charge is 2.30. The SMILES string of the molecule is Cc1cccc(CCN2CCN(S(=O)(=O)c3ccc(NS(C)(=O)=O)cc3)CC(O)C2)n1. The van der Waals surface area contributed by atoms with E-state index in [1.54, 1.807) is 0 Å². The minimum absolute atomic E-state index is 0.00483. The average Bonchev–Trinajstić information content (AvgIpc) is 2.87. The van der Waals surface area contributed by atoms with Gasteiger partial charge in [0.05, 0.1) is 17.3 Å². The topological polar surface area (TPSA) is 120 Å². The first-order valence-corrected chi connectivity index (χ1v) is 13.3. The van der Waals surface area contributed by atoms with Gasteiger partial charge in [-0.05, 0) is 43.3 Å². The predicted octanol–water partition coefficient (Wildman–Crippen LogP) is 0.671. The molecular formula is C20H28N4O5S2. The standard InChI is InChI=1S/C20H28N4O5S2/c1-16-4-3-5-17(21-16)10-11-23-12-13-24(15-19(25)14-23)31(28,29)20-8-6-18(7-9-20)22-30(2,26)27/h3-9,19,22,25H,10-15H2,1-2H3. The van der Waals surface area contributed by atoms with Gasteiger partial charge in [-0.15, -0.1) is 0 Å². The van der Waals surface area contributed by atoms with Gasteiger partial charge in [0.2, 0.25) is 20.0 Å². The van der Waals surface area contributed by atoms with Gasteiger partial charge >= 0.3 is 0 Å². The number of β-amino-alcohol motifs (C(OH)–C–C–N with tert-alkyl or cyclic N) is 1. The fraction of sp³-hybridized carbons (Fsp3) is 0.450. The Bertz CT molecular complexity index is 1100. The van der Waals surface area contributed by atoms with E-state index >= 15 is 0 Å². The highest BCUT2D eigenvalue weighted by atomic mass is 32.2. The molecule has 1 saturated heterocycles. The Kier molecular flexibility index (Phi) is 7.32. The quantitative estimate of drug-likeness (QED) is 0.613. The molecule has 1 aromatic carbocycles. The third-order valence-corrected chi connectivity index (χ3v) is 7.46. The van der Waals surface area contributed by atoms with Gasteiger partial charge in [-0.2, -0.15) is 4.31 Å². The van der Waals surface area contributed by atoms with Crippen LogP contribution in [0.4, 0.5) is 5.69 Å². The smallest absolute Gasteiger partial charge is 0.243 e. The van der Waals surface area contributed by atoms with Crippen molar-refractivity contribution in [1.82, 2.24) is 14.2 Å². The molecule has 1 unspecified atom stereocenters. The van der Waals surface area contributed by atoms with Crippen molar-refractivity contribution < 1.29 is 21.9 Å². The van der Waals surface area contributed by atoms with Crippen LogP contribution in [0.2, 0.25) is 0 Å². The van der Waals surface area contributed by atoms with Gasteiger partial charge in [-0.1, -0.05) is 6.07 Å². The summed E-state index contributed by atoms with van der Waals surface area (Å²) in [5.74, 6) is 0. The number of aliphatic hydroxyl groups is 1. The molecule has 1 aromatic heterocycles. The number of nitrogens with one attached hydrogen (secondary N) is 1. The van der Waals surface area contributed by atoms with Crippen molar-refractivity contribution in [2.75, 3.05) is 43.7 Å². The number of anilines is 1. The maximum atomic E-state index is 13.1. The summed E-state index contributed by atoms with van der Waals surface area (Å²) in [7, 11) is -7.26. The van der Waals surface area contributed by atoms with E-state index in [-0.39, 0.29) is 23.7 Å². The normalized spacial score (nSPS) is 19.1. The van der Waals surface area contributed by atoms with E-state index < -0.39 is 26.2 Å². The second kappa shape index (κ2) is 9.61. The molecule has 11 heteroatoms. The van der Waals surface area contributed by atoms with Crippen LogP contribution < -0.4 is 4.72 Å². The van der Waals surface area contributed by atoms with Gasteiger partial charge in [0, 0.05) is 56.2 Å². The summed E-state index contributed by atoms with van der Waals surface area (Å²) in [5.41, 5.74) is 2.20. The minimum atomic E-state index is -3.82. The van der Waals surface area contributed by atoms with Gasteiger partial charge in [0.1, 0.15) is 0 Å². The number of aliphatic hydroxyl groups excluding tert-OH is 1. The minimum Gasteiger partial charge on any atom is -0.390 e. The van der Waals surface area contributed by atoms with Gasteiger partial charge in [0.15, 0.2) is 0 Å². The molecule has 9 nitrogen and oxygen atoms in total. The summed E-state index contributed by atoms with van der Waals surface area (Å²) < 4.78 is 52.3. The van der Waals surface area contributed by atoms with E-state index in [1.165, 1.54) is 28.6 Å². The Hall–Kier alpha value is -2.05. The highest BCUT2D eigenvalue weighted by Crippen LogP contribution is 2.20. The van der Waals surface area contributed by atoms with Gasteiger partial charge in [-0.25, -0.2) is 16.8 Å². The van der Waals surface area contributed by atoms with Crippen molar-refractivity contribution in [2.24, 2.45) is 0 Å². The van der Waals surface area contributed by atoms with Crippen LogP contribution >= 0.6 is 0 Å². The van der Waals surface area contributed by atoms with E-state index in [4.69, 9.17) is 0 Å². The fourth-order valence-corrected chi connectivity index (χ4v) is 5.55. The van der Waals surface area contributed by atoms with Crippen LogP contribution in [-0.4, -0.2) is 81.2 Å². The first-order valence-electron chi connectivity index (χ1n) is 9.94. The summed E-state index contributed by atoms with van der Waals surface area (Å²) in [6.45, 7) is 3.75. The van der Waals surface area contributed by atoms with Gasteiger partial charge in [0.25, 0.3) is 0 Å². The number of hydrogen-bond acceptors (Lipinski definition) is 7. The Morgan fingerprint density at radius 2 is 1.77 bits per heavy atom. The van der Waals surface area contributed by atoms with Crippen molar-refractivity contribution in [3.63, 3.8) is 0 Å². The molecule has 0 aliphatic carbocycles. The molecule has 1 aliphatic rings. The number of aromatic nitrogens is 1. The molecule has 2 aromatic rings. The third kappa shape index (κ3) is 6.71. The predicted molar refractivity (Wildman–Crippen MR) is 119 cm³/mol. The Labute approximate surface area is 183 Å². The molecule has 1 atom stereocenters. The largest absolute Gasteiger partial charge is 0.390 e. The zero-order chi connectivity index (χ0) is 22.6. The van der Waals surface area contributed by atoms with E-state index in [1.807, 2.05) is 30.0 Å². The second-order valence-electron chi connectivity index (χ2n) is 7.74. The number of hydrogen-bond donors (Lipinski definition) is 2. The molecule has 1 fully saturated rings. The summed E-state index contributed by atoms with van der Waals surface area (Å²) in [5, 5.41) is 10.4. The van der Waals surface area contributed by atoms with Crippen LogP contribution in [0, 0.1) is 6.92 Å². The molecule has 0 saturated carbocycles. The molecule has 0 radical (unpaired) electrons. The molecule has 1 aliphatic heterocycles. The van der Waals surface area contributed by atoms with Gasteiger partial charge < -0.3 is 5.11 Å². The van der Waals surface area contributed by atoms with Crippen molar-refractivity contribution in [2.45, 2.75) is 24.3 Å². The number of pyridine rings is 1. The number of nitrogens with zero attached hydrogens (tertiary/aromatic N) is 3. The van der Waals surface area contributed by atoms with Crippen molar-refractivity contribution in [3.8, 4) is 0 Å². The van der Waals surface area contributed by atoms with Crippen molar-refractivity contribution in [3.05, 3.63) is 53.9 Å². The molecule has 2 N–H and O–H groups in total. The molecule has 3 rings (SSSR count). The summed E-state index contributed by atoms with van der Waals surface area (Å²) in [6, 6.07) is 11.4. The number of aryl methyl sites for hydroxylation is 1. The molecule has 170 valence electrons. The maximum absolute atomic E-state index is 13.1. The summed E-state index contributed by atoms with van der Waals surface area (Å²) in [6.07, 6.45) is 0.932. The molecule has 0 bridgehead atoms. The first kappa shape index (κ1) is 23.6. The van der Waals surface area contributed by atoms with Crippen molar-refractivity contribution >= 4 is 25.7 Å². The molecule has 0 spiro atoms. The van der Waals surface area contributed by atoms with Crippen LogP contribution in [0.3, 0.4) is 0 Å².